The van der Waals surface area contributed by atoms with Gasteiger partial charge in [0, 0.05) is 0 Å². The predicted octanol–water partition coefficient (Wildman–Crippen LogP) is 9.87. The summed E-state index contributed by atoms with van der Waals surface area (Å²) in [7, 11) is 0. The third-order valence-electron chi connectivity index (χ3n) is 8.73. The van der Waals surface area contributed by atoms with Crippen LogP contribution in [-0.4, -0.2) is 6.61 Å². The van der Waals surface area contributed by atoms with Crippen molar-refractivity contribution in [3.63, 3.8) is 0 Å². The van der Waals surface area contributed by atoms with Crippen LogP contribution in [0.25, 0.3) is 0 Å². The lowest BCUT2D eigenvalue weighted by Crippen LogP contribution is -2.17. The largest absolute Gasteiger partial charge is 0.491 e. The summed E-state index contributed by atoms with van der Waals surface area (Å²) in [4.78, 5) is 0. The molecule has 0 aliphatic heterocycles. The minimum atomic E-state index is -0.609. The minimum Gasteiger partial charge on any atom is -0.491 e. The highest BCUT2D eigenvalue weighted by atomic mass is 19.2. The van der Waals surface area contributed by atoms with E-state index in [0.29, 0.717) is 35.3 Å². The number of hydrogen-bond acceptors (Lipinski definition) is 1. The number of rotatable bonds is 10. The average molecular weight is 501 g/mol. The number of benzene rings is 2. The van der Waals surface area contributed by atoms with Gasteiger partial charge >= 0.3 is 0 Å². The van der Waals surface area contributed by atoms with Crippen LogP contribution in [0.5, 0.6) is 5.75 Å². The Bertz CT molecular complexity index is 972. The van der Waals surface area contributed by atoms with Crippen molar-refractivity contribution in [2.45, 2.75) is 109 Å². The van der Waals surface area contributed by atoms with Crippen LogP contribution in [0, 0.1) is 29.3 Å². The molecule has 1 nitrogen and oxygen atoms in total. The summed E-state index contributed by atoms with van der Waals surface area (Å²) >= 11 is 0. The third kappa shape index (κ3) is 6.86. The molecule has 2 fully saturated rings. The quantitative estimate of drug-likeness (QED) is 0.295. The van der Waals surface area contributed by atoms with Gasteiger partial charge in [-0.1, -0.05) is 57.7 Å². The van der Waals surface area contributed by atoms with Crippen molar-refractivity contribution in [1.82, 2.24) is 0 Å². The van der Waals surface area contributed by atoms with Crippen molar-refractivity contribution in [2.75, 3.05) is 6.61 Å². The topological polar surface area (TPSA) is 9.23 Å². The summed E-state index contributed by atoms with van der Waals surface area (Å²) in [5.41, 5.74) is 2.15. The Hall–Kier alpha value is -1.97. The van der Waals surface area contributed by atoms with E-state index in [1.165, 1.54) is 0 Å². The monoisotopic (exact) mass is 500 g/mol. The van der Waals surface area contributed by atoms with Gasteiger partial charge in [-0.25, -0.2) is 13.2 Å². The SMILES string of the molecule is CCCCCOc1ccc(CCC2CCC(c3ccc(C4CCC(C)CC4)c(F)c3F)CC2)cc1F. The van der Waals surface area contributed by atoms with E-state index in [1.807, 2.05) is 18.2 Å². The Labute approximate surface area is 215 Å². The zero-order valence-corrected chi connectivity index (χ0v) is 22.1. The van der Waals surface area contributed by atoms with E-state index >= 15 is 8.78 Å². The lowest BCUT2D eigenvalue weighted by Gasteiger charge is -2.30. The Morgan fingerprint density at radius 3 is 1.97 bits per heavy atom. The van der Waals surface area contributed by atoms with Gasteiger partial charge in [0.15, 0.2) is 23.2 Å². The molecule has 0 atom stereocenters. The zero-order valence-electron chi connectivity index (χ0n) is 22.1. The second-order valence-electron chi connectivity index (χ2n) is 11.4. The van der Waals surface area contributed by atoms with Gasteiger partial charge < -0.3 is 4.74 Å². The Morgan fingerprint density at radius 2 is 1.39 bits per heavy atom. The molecule has 0 spiro atoms. The van der Waals surface area contributed by atoms with Gasteiger partial charge in [0.25, 0.3) is 0 Å². The Morgan fingerprint density at radius 1 is 0.778 bits per heavy atom. The van der Waals surface area contributed by atoms with E-state index in [0.717, 1.165) is 89.0 Å². The van der Waals surface area contributed by atoms with Gasteiger partial charge in [0.05, 0.1) is 6.61 Å². The van der Waals surface area contributed by atoms with Crippen LogP contribution in [0.4, 0.5) is 13.2 Å². The van der Waals surface area contributed by atoms with E-state index in [-0.39, 0.29) is 17.7 Å². The molecule has 4 rings (SSSR count). The molecule has 0 bridgehead atoms. The van der Waals surface area contributed by atoms with Crippen molar-refractivity contribution in [3.05, 3.63) is 64.5 Å². The molecule has 2 saturated carbocycles. The second kappa shape index (κ2) is 13.0. The molecule has 0 amide bonds. The summed E-state index contributed by atoms with van der Waals surface area (Å²) in [6.45, 7) is 4.93. The summed E-state index contributed by atoms with van der Waals surface area (Å²) in [5.74, 6) is 0.341. The summed E-state index contributed by atoms with van der Waals surface area (Å²) in [5, 5.41) is 0. The van der Waals surface area contributed by atoms with Gasteiger partial charge in [0.2, 0.25) is 0 Å². The molecule has 2 aromatic carbocycles. The standard InChI is InChI=1S/C32H43F3O/c1-3-4-5-20-36-30-19-12-24(21-29(30)33)9-8-23-10-15-26(16-11-23)28-18-17-27(31(34)32(28)35)25-13-6-22(2)7-14-25/h12,17-19,21-23,25-26H,3-11,13-16,20H2,1-2H3. The van der Waals surface area contributed by atoms with Crippen molar-refractivity contribution in [1.29, 1.82) is 0 Å². The molecular formula is C32H43F3O. The van der Waals surface area contributed by atoms with Crippen molar-refractivity contribution >= 4 is 0 Å². The highest BCUT2D eigenvalue weighted by Gasteiger charge is 2.29. The van der Waals surface area contributed by atoms with Gasteiger partial charge in [0.1, 0.15) is 0 Å². The fourth-order valence-electron chi connectivity index (χ4n) is 6.27. The van der Waals surface area contributed by atoms with E-state index in [2.05, 4.69) is 13.8 Å². The maximum Gasteiger partial charge on any atom is 0.165 e. The molecule has 0 radical (unpaired) electrons. The first-order valence-corrected chi connectivity index (χ1v) is 14.3. The maximum atomic E-state index is 15.1. The molecule has 2 aromatic rings. The lowest BCUT2D eigenvalue weighted by atomic mass is 9.75. The average Bonchev–Trinajstić information content (AvgIpc) is 2.89. The van der Waals surface area contributed by atoms with Crippen LogP contribution in [0.3, 0.4) is 0 Å². The fraction of sp³-hybridized carbons (Fsp3) is 0.625. The van der Waals surface area contributed by atoms with Crippen LogP contribution in [0.2, 0.25) is 0 Å². The molecule has 36 heavy (non-hydrogen) atoms. The van der Waals surface area contributed by atoms with E-state index in [4.69, 9.17) is 4.74 Å². The molecule has 2 aliphatic rings. The maximum absolute atomic E-state index is 15.1. The number of unbranched alkanes of at least 4 members (excludes halogenated alkanes) is 2. The molecule has 0 saturated heterocycles. The molecule has 0 heterocycles. The smallest absolute Gasteiger partial charge is 0.165 e. The summed E-state index contributed by atoms with van der Waals surface area (Å²) in [6.07, 6.45) is 12.9. The van der Waals surface area contributed by atoms with E-state index in [1.54, 1.807) is 12.1 Å². The molecule has 4 heteroatoms. The third-order valence-corrected chi connectivity index (χ3v) is 8.73. The highest BCUT2D eigenvalue weighted by molar-refractivity contribution is 5.32. The van der Waals surface area contributed by atoms with E-state index in [9.17, 15) is 4.39 Å². The van der Waals surface area contributed by atoms with Crippen LogP contribution in [0.15, 0.2) is 30.3 Å². The number of aryl methyl sites for hydroxylation is 1. The molecule has 0 unspecified atom stereocenters. The van der Waals surface area contributed by atoms with E-state index < -0.39 is 11.6 Å². The molecule has 0 aromatic heterocycles. The molecular weight excluding hydrogens is 457 g/mol. The van der Waals surface area contributed by atoms with Crippen LogP contribution >= 0.6 is 0 Å². The van der Waals surface area contributed by atoms with Gasteiger partial charge in [-0.05, 0) is 110 Å². The first kappa shape index (κ1) is 27.1. The highest BCUT2D eigenvalue weighted by Crippen LogP contribution is 2.42. The lowest BCUT2D eigenvalue weighted by molar-refractivity contribution is 0.291. The molecule has 2 aliphatic carbocycles. The normalized spacial score (nSPS) is 24.6. The fourth-order valence-corrected chi connectivity index (χ4v) is 6.27. The first-order chi connectivity index (χ1) is 17.5. The minimum absolute atomic E-state index is 0.0952. The van der Waals surface area contributed by atoms with Crippen LogP contribution < -0.4 is 4.74 Å². The van der Waals surface area contributed by atoms with Gasteiger partial charge in [-0.2, -0.15) is 0 Å². The summed E-state index contributed by atoms with van der Waals surface area (Å²) in [6, 6.07) is 9.06. The van der Waals surface area contributed by atoms with Crippen LogP contribution in [-0.2, 0) is 6.42 Å². The van der Waals surface area contributed by atoms with Gasteiger partial charge in [-0.3, -0.25) is 0 Å². The van der Waals surface area contributed by atoms with Crippen LogP contribution in [0.1, 0.15) is 119 Å². The van der Waals surface area contributed by atoms with Crippen molar-refractivity contribution < 1.29 is 17.9 Å². The van der Waals surface area contributed by atoms with Crippen molar-refractivity contribution in [2.24, 2.45) is 11.8 Å². The van der Waals surface area contributed by atoms with Gasteiger partial charge in [-0.15, -0.1) is 0 Å². The van der Waals surface area contributed by atoms with Crippen molar-refractivity contribution in [3.8, 4) is 5.75 Å². The number of hydrogen-bond donors (Lipinski definition) is 0. The molecule has 0 N–H and O–H groups in total. The summed E-state index contributed by atoms with van der Waals surface area (Å²) < 4.78 is 50.1. The Balaban J connectivity index is 1.26. The second-order valence-corrected chi connectivity index (χ2v) is 11.4. The zero-order chi connectivity index (χ0) is 25.5. The number of ether oxygens (including phenoxy) is 1. The molecule has 198 valence electrons. The first-order valence-electron chi connectivity index (χ1n) is 14.3. The predicted molar refractivity (Wildman–Crippen MR) is 141 cm³/mol. The Kier molecular flexibility index (Phi) is 9.79. The number of halogens is 3.